The van der Waals surface area contributed by atoms with Crippen LogP contribution in [-0.4, -0.2) is 136 Å². The molecule has 0 radical (unpaired) electrons. The van der Waals surface area contributed by atoms with Crippen LogP contribution in [0.4, 0.5) is 0 Å². The van der Waals surface area contributed by atoms with Crippen LogP contribution in [-0.2, 0) is 46.1 Å². The fourth-order valence-electron chi connectivity index (χ4n) is 8.90. The van der Waals surface area contributed by atoms with Crippen molar-refractivity contribution in [3.63, 3.8) is 0 Å². The van der Waals surface area contributed by atoms with E-state index in [-0.39, 0.29) is 40.3 Å². The molecule has 0 amide bonds. The number of nitrogens with zero attached hydrogens (tertiary/aromatic N) is 1. The summed E-state index contributed by atoms with van der Waals surface area (Å²) in [4.78, 5) is 59.9. The Hall–Kier alpha value is -4.79. The van der Waals surface area contributed by atoms with E-state index >= 15 is 4.79 Å². The highest BCUT2D eigenvalue weighted by molar-refractivity contribution is 6.25. The second-order valence-corrected chi connectivity index (χ2v) is 14.6. The van der Waals surface area contributed by atoms with Gasteiger partial charge in [0.05, 0.1) is 55.8 Å². The molecule has 1 aliphatic heterocycles. The van der Waals surface area contributed by atoms with Gasteiger partial charge in [0, 0.05) is 55.0 Å². The van der Waals surface area contributed by atoms with Gasteiger partial charge in [-0.1, -0.05) is 6.07 Å². The number of hydrogen-bond donors (Lipinski definition) is 8. The van der Waals surface area contributed by atoms with Gasteiger partial charge in [-0.3, -0.25) is 19.4 Å². The number of nitrogens with two attached hydrogens (primary N) is 1. The Morgan fingerprint density at radius 1 is 1.05 bits per heavy atom. The lowest BCUT2D eigenvalue weighted by Crippen LogP contribution is -2.73. The molecule has 18 nitrogen and oxygen atoms in total. The van der Waals surface area contributed by atoms with E-state index in [2.05, 4.69) is 4.99 Å². The summed E-state index contributed by atoms with van der Waals surface area (Å²) in [6, 6.07) is 2.31. The highest BCUT2D eigenvalue weighted by atomic mass is 16.6. The topological polar surface area (TPSA) is 294 Å². The van der Waals surface area contributed by atoms with Crippen LogP contribution in [0.3, 0.4) is 0 Å². The number of phenolic OH excluding ortho intramolecular Hbond substituents is 2. The summed E-state index contributed by atoms with van der Waals surface area (Å²) < 4.78 is 26.8. The number of aryl methyl sites for hydroxylation is 1. The molecule has 0 bridgehead atoms. The first-order chi connectivity index (χ1) is 26.8. The van der Waals surface area contributed by atoms with Crippen LogP contribution in [0.15, 0.2) is 23.2 Å². The fraction of sp³-hybridized carbons (Fsp3) is 0.513. The van der Waals surface area contributed by atoms with Gasteiger partial charge in [0.15, 0.2) is 17.4 Å². The van der Waals surface area contributed by atoms with Crippen molar-refractivity contribution >= 4 is 34.9 Å². The van der Waals surface area contributed by atoms with E-state index in [1.807, 2.05) is 0 Å². The molecular formula is C39H46N2O16. The maximum atomic E-state index is 15.0. The average Bonchev–Trinajstić information content (AvgIpc) is 3.15. The van der Waals surface area contributed by atoms with Crippen molar-refractivity contribution in [1.82, 2.24) is 0 Å². The Bertz CT molecular complexity index is 2110. The summed E-state index contributed by atoms with van der Waals surface area (Å²) in [5.74, 6) is -7.48. The molecule has 0 aromatic heterocycles. The largest absolute Gasteiger partial charge is 0.507 e. The molecule has 1 fully saturated rings. The maximum absolute atomic E-state index is 15.0. The molecule has 6 rings (SSSR count). The van der Waals surface area contributed by atoms with E-state index in [4.69, 9.17) is 29.4 Å². The first-order valence-electron chi connectivity index (χ1n) is 18.2. The number of aliphatic imine (C=N–C) groups is 1. The molecule has 4 aliphatic rings. The van der Waals surface area contributed by atoms with Crippen molar-refractivity contribution in [1.29, 1.82) is 0 Å². The average molecular weight is 799 g/mol. The lowest BCUT2D eigenvalue weighted by Gasteiger charge is -2.53. The third-order valence-electron chi connectivity index (χ3n) is 11.7. The number of aliphatic hydroxyl groups is 5. The van der Waals surface area contributed by atoms with Crippen molar-refractivity contribution in [3.8, 4) is 11.5 Å². The van der Waals surface area contributed by atoms with Gasteiger partial charge in [-0.2, -0.15) is 0 Å². The monoisotopic (exact) mass is 798 g/mol. The minimum atomic E-state index is -3.27. The number of carbonyl (C=O) groups excluding carboxylic acids is 4. The summed E-state index contributed by atoms with van der Waals surface area (Å²) in [6.07, 6.45) is -6.58. The van der Waals surface area contributed by atoms with E-state index in [9.17, 15) is 50.1 Å². The lowest BCUT2D eigenvalue weighted by molar-refractivity contribution is -0.207. The molecule has 2 aromatic carbocycles. The molecule has 1 heterocycles. The zero-order chi connectivity index (χ0) is 42.1. The van der Waals surface area contributed by atoms with Crippen LogP contribution in [0.2, 0.25) is 0 Å². The Kier molecular flexibility index (Phi) is 10.9. The number of methoxy groups -OCH3 is 3. The fourth-order valence-corrected chi connectivity index (χ4v) is 8.90. The molecule has 1 saturated heterocycles. The number of rotatable bonds is 9. The molecule has 2 aromatic rings. The smallest absolute Gasteiger partial charge is 0.341 e. The van der Waals surface area contributed by atoms with Crippen LogP contribution in [0.25, 0.3) is 5.70 Å². The van der Waals surface area contributed by atoms with Crippen molar-refractivity contribution in [3.05, 3.63) is 62.7 Å². The summed E-state index contributed by atoms with van der Waals surface area (Å²) in [5.41, 5.74) is -5.89. The van der Waals surface area contributed by atoms with Crippen LogP contribution in [0, 0.1) is 12.8 Å². The van der Waals surface area contributed by atoms with Gasteiger partial charge in [-0.25, -0.2) is 4.79 Å². The van der Waals surface area contributed by atoms with Crippen LogP contribution >= 0.6 is 0 Å². The number of phenols is 2. The van der Waals surface area contributed by atoms with Crippen molar-refractivity contribution < 1.29 is 78.6 Å². The van der Waals surface area contributed by atoms with E-state index in [1.165, 1.54) is 20.1 Å². The number of aliphatic hydroxyl groups excluding tert-OH is 3. The zero-order valence-electron chi connectivity index (χ0n) is 32.1. The number of carbonyl (C=O) groups is 4. The van der Waals surface area contributed by atoms with Gasteiger partial charge < -0.3 is 65.2 Å². The van der Waals surface area contributed by atoms with Crippen LogP contribution < -0.4 is 5.73 Å². The van der Waals surface area contributed by atoms with Gasteiger partial charge in [0.25, 0.3) is 0 Å². The quantitative estimate of drug-likeness (QED) is 0.152. The summed E-state index contributed by atoms with van der Waals surface area (Å²) >= 11 is 0. The van der Waals surface area contributed by atoms with Crippen LogP contribution in [0.5, 0.6) is 11.5 Å². The molecular weight excluding hydrogens is 752 g/mol. The minimum absolute atomic E-state index is 0.00564. The number of ketones is 2. The van der Waals surface area contributed by atoms with Crippen molar-refractivity contribution in [2.75, 3.05) is 34.5 Å². The molecule has 9 N–H and O–H groups in total. The van der Waals surface area contributed by atoms with Crippen molar-refractivity contribution in [2.24, 2.45) is 16.6 Å². The second-order valence-electron chi connectivity index (χ2n) is 14.6. The third-order valence-corrected chi connectivity index (χ3v) is 11.7. The standard InChI is InChI=1S/C39H46N2O16/c1-7-56-24(44)8-9-37(51)20-12-18-26(30(46)27(20)21(40)13-22(37)41-35-19(14-42)29(45)32(53-4)16(3)57-35)34(49)39(55-6)23(43)11-17-10-15(2)25(36(50)54-5)31(47)28(17)38(39,52)33(18)48/h10,12-13,16,19,23,29,32,35,42-43,45-47,51-52H,7-9,11,14,40H2,1-6H3/t16-,19+,23+,29-,32-,35-,37?,38-,39+/m0/s1. The molecule has 57 heavy (non-hydrogen) atoms. The molecule has 308 valence electrons. The van der Waals surface area contributed by atoms with E-state index < -0.39 is 136 Å². The van der Waals surface area contributed by atoms with Gasteiger partial charge >= 0.3 is 11.9 Å². The zero-order valence-corrected chi connectivity index (χ0v) is 32.1. The second kappa shape index (κ2) is 14.9. The molecule has 9 atom stereocenters. The Morgan fingerprint density at radius 2 is 1.74 bits per heavy atom. The highest BCUT2D eigenvalue weighted by Crippen LogP contribution is 2.57. The number of benzene rings is 2. The summed E-state index contributed by atoms with van der Waals surface area (Å²) in [6.45, 7) is 3.96. The number of ether oxygens (including phenoxy) is 5. The molecule has 0 spiro atoms. The first kappa shape index (κ1) is 41.8. The third kappa shape index (κ3) is 5.80. The first-order valence-corrected chi connectivity index (χ1v) is 18.2. The molecule has 18 heteroatoms. The van der Waals surface area contributed by atoms with E-state index in [1.54, 1.807) is 13.8 Å². The van der Waals surface area contributed by atoms with E-state index in [0.29, 0.717) is 0 Å². The normalized spacial score (nSPS) is 32.5. The van der Waals surface area contributed by atoms with E-state index in [0.717, 1.165) is 26.4 Å². The number of aromatic hydroxyl groups is 2. The Labute approximate surface area is 326 Å². The van der Waals surface area contributed by atoms with Crippen LogP contribution in [0.1, 0.15) is 85.6 Å². The van der Waals surface area contributed by atoms with Gasteiger partial charge in [0.2, 0.25) is 11.6 Å². The summed E-state index contributed by atoms with van der Waals surface area (Å²) in [7, 11) is 3.33. The number of hydrogen-bond acceptors (Lipinski definition) is 18. The number of fused-ring (bicyclic) bond motifs is 5. The minimum Gasteiger partial charge on any atom is -0.507 e. The number of esters is 2. The number of Topliss-reactive ketones (excluding diaryl/α,β-unsaturated/α-hetero) is 2. The predicted octanol–water partition coefficient (Wildman–Crippen LogP) is -0.224. The molecule has 1 unspecified atom stereocenters. The molecule has 3 aliphatic carbocycles. The van der Waals surface area contributed by atoms with Gasteiger partial charge in [-0.15, -0.1) is 0 Å². The Morgan fingerprint density at radius 3 is 2.33 bits per heavy atom. The Balaban J connectivity index is 1.63. The highest BCUT2D eigenvalue weighted by Gasteiger charge is 2.73. The van der Waals surface area contributed by atoms with Crippen molar-refractivity contribution in [2.45, 2.75) is 87.5 Å². The SMILES string of the molecule is CCOC(=O)CCC1(O)C(=N[C@H]2O[C@@H](C)[C@H](OC)[C@@H](O)[C@H]2CO)C=C(N)c2c1cc1c(c2O)C(=O)[C@]2(OC)[C@H](O)Cc3cc(C)c(C(=O)OC)c(O)c3[C@]2(O)C1=O. The molecule has 0 saturated carbocycles. The lowest BCUT2D eigenvalue weighted by atomic mass is 9.56. The van der Waals surface area contributed by atoms with Gasteiger partial charge in [0.1, 0.15) is 28.8 Å². The predicted molar refractivity (Wildman–Crippen MR) is 195 cm³/mol. The maximum Gasteiger partial charge on any atom is 0.341 e. The summed E-state index contributed by atoms with van der Waals surface area (Å²) in [5, 5.41) is 82.0. The van der Waals surface area contributed by atoms with Gasteiger partial charge in [-0.05, 0) is 50.5 Å².